The van der Waals surface area contributed by atoms with E-state index in [1.54, 1.807) is 0 Å². The van der Waals surface area contributed by atoms with E-state index in [1.165, 1.54) is 11.1 Å². The van der Waals surface area contributed by atoms with E-state index in [2.05, 4.69) is 20.8 Å². The molecular formula is C9H18O. The Morgan fingerprint density at radius 2 is 1.80 bits per heavy atom. The molecule has 10 heavy (non-hydrogen) atoms. The monoisotopic (exact) mass is 142 g/mol. The second-order valence-electron chi connectivity index (χ2n) is 2.42. The van der Waals surface area contributed by atoms with Gasteiger partial charge in [-0.2, -0.15) is 0 Å². The minimum Gasteiger partial charge on any atom is -0.370 e. The molecule has 0 saturated heterocycles. The van der Waals surface area contributed by atoms with E-state index >= 15 is 0 Å². The Hall–Kier alpha value is -0.300. The lowest BCUT2D eigenvalue weighted by atomic mass is 10.1. The molecule has 0 spiro atoms. The topological polar surface area (TPSA) is 9.23 Å². The quantitative estimate of drug-likeness (QED) is 0.472. The minimum absolute atomic E-state index is 0.370. The van der Waals surface area contributed by atoms with Gasteiger partial charge in [0.2, 0.25) is 0 Å². The summed E-state index contributed by atoms with van der Waals surface area (Å²) in [5.41, 5.74) is 2.81. The average Bonchev–Trinajstić information content (AvgIpc) is 2.25. The van der Waals surface area contributed by atoms with Crippen molar-refractivity contribution in [1.29, 1.82) is 0 Å². The van der Waals surface area contributed by atoms with Crippen LogP contribution in [0, 0.1) is 0 Å². The van der Waals surface area contributed by atoms with Crippen molar-refractivity contribution >= 4 is 0 Å². The Kier molecular flexibility index (Phi) is 4.37. The van der Waals surface area contributed by atoms with Crippen molar-refractivity contribution in [3.8, 4) is 0 Å². The van der Waals surface area contributed by atoms with Crippen LogP contribution < -0.4 is 0 Å². The first-order valence-electron chi connectivity index (χ1n) is 3.99. The van der Waals surface area contributed by atoms with Crippen LogP contribution in [0.25, 0.3) is 0 Å². The summed E-state index contributed by atoms with van der Waals surface area (Å²) >= 11 is 0. The van der Waals surface area contributed by atoms with Crippen molar-refractivity contribution in [1.82, 2.24) is 0 Å². The van der Waals surface area contributed by atoms with Crippen molar-refractivity contribution in [3.63, 3.8) is 0 Å². The molecule has 1 rings (SSSR count). The van der Waals surface area contributed by atoms with Gasteiger partial charge in [0.25, 0.3) is 0 Å². The average molecular weight is 142 g/mol. The van der Waals surface area contributed by atoms with Crippen LogP contribution in [-0.4, -0.2) is 12.7 Å². The molecule has 0 aliphatic carbocycles. The Labute approximate surface area is 64.1 Å². The number of rotatable bonds is 0. The molecule has 0 aromatic heterocycles. The first-order chi connectivity index (χ1) is 4.72. The third-order valence-corrected chi connectivity index (χ3v) is 1.83. The minimum atomic E-state index is 0.370. The zero-order chi connectivity index (χ0) is 8.15. The highest BCUT2D eigenvalue weighted by molar-refractivity contribution is 5.17. The first-order valence-corrected chi connectivity index (χ1v) is 3.99. The molecule has 1 aliphatic heterocycles. The summed E-state index contributed by atoms with van der Waals surface area (Å²) in [5, 5.41) is 0. The van der Waals surface area contributed by atoms with Crippen molar-refractivity contribution in [2.24, 2.45) is 0 Å². The summed E-state index contributed by atoms with van der Waals surface area (Å²) in [5.74, 6) is 0. The molecule has 1 heteroatoms. The van der Waals surface area contributed by atoms with E-state index in [1.807, 2.05) is 13.8 Å². The Morgan fingerprint density at radius 3 is 1.90 bits per heavy atom. The summed E-state index contributed by atoms with van der Waals surface area (Å²) < 4.78 is 5.30. The van der Waals surface area contributed by atoms with Crippen LogP contribution in [0.3, 0.4) is 0 Å². The Morgan fingerprint density at radius 1 is 1.30 bits per heavy atom. The molecule has 0 bridgehead atoms. The molecule has 1 heterocycles. The molecule has 0 aromatic carbocycles. The van der Waals surface area contributed by atoms with Crippen LogP contribution in [0.4, 0.5) is 0 Å². The fourth-order valence-electron chi connectivity index (χ4n) is 0.836. The van der Waals surface area contributed by atoms with Crippen LogP contribution in [0.1, 0.15) is 34.6 Å². The van der Waals surface area contributed by atoms with Gasteiger partial charge in [-0.25, -0.2) is 0 Å². The Bertz CT molecular complexity index is 125. The molecule has 0 amide bonds. The number of ether oxygens (including phenoxy) is 1. The predicted octanol–water partition coefficient (Wildman–Crippen LogP) is 2.77. The van der Waals surface area contributed by atoms with Crippen LogP contribution >= 0.6 is 0 Å². The lowest BCUT2D eigenvalue weighted by molar-refractivity contribution is 0.133. The van der Waals surface area contributed by atoms with Crippen LogP contribution in [0.15, 0.2) is 11.1 Å². The van der Waals surface area contributed by atoms with E-state index in [-0.39, 0.29) is 0 Å². The fraction of sp³-hybridized carbons (Fsp3) is 0.778. The zero-order valence-electron chi connectivity index (χ0n) is 7.69. The second-order valence-corrected chi connectivity index (χ2v) is 2.42. The largest absolute Gasteiger partial charge is 0.370 e. The van der Waals surface area contributed by atoms with Gasteiger partial charge in [-0.1, -0.05) is 13.8 Å². The predicted molar refractivity (Wildman–Crippen MR) is 45.1 cm³/mol. The Balaban J connectivity index is 0.000000371. The van der Waals surface area contributed by atoms with E-state index in [9.17, 15) is 0 Å². The molecule has 0 fully saturated rings. The molecular weight excluding hydrogens is 124 g/mol. The third-order valence-electron chi connectivity index (χ3n) is 1.83. The van der Waals surface area contributed by atoms with Gasteiger partial charge in [-0.05, 0) is 31.9 Å². The second kappa shape index (κ2) is 4.51. The summed E-state index contributed by atoms with van der Waals surface area (Å²) in [6, 6.07) is 0. The van der Waals surface area contributed by atoms with Gasteiger partial charge in [-0.15, -0.1) is 0 Å². The third kappa shape index (κ3) is 2.14. The van der Waals surface area contributed by atoms with Crippen LogP contribution in [0.2, 0.25) is 0 Å². The molecule has 1 atom stereocenters. The van der Waals surface area contributed by atoms with Gasteiger partial charge in [0.1, 0.15) is 0 Å². The summed E-state index contributed by atoms with van der Waals surface area (Å²) in [6.45, 7) is 11.2. The maximum atomic E-state index is 5.30. The summed E-state index contributed by atoms with van der Waals surface area (Å²) in [7, 11) is 0. The van der Waals surface area contributed by atoms with Gasteiger partial charge in [0.05, 0.1) is 12.7 Å². The first kappa shape index (κ1) is 9.70. The summed E-state index contributed by atoms with van der Waals surface area (Å²) in [4.78, 5) is 0. The maximum Gasteiger partial charge on any atom is 0.0761 e. The van der Waals surface area contributed by atoms with E-state index in [0.717, 1.165) is 6.61 Å². The lowest BCUT2D eigenvalue weighted by Gasteiger charge is -2.00. The molecule has 1 unspecified atom stereocenters. The molecule has 0 aromatic rings. The number of hydrogen-bond donors (Lipinski definition) is 0. The van der Waals surface area contributed by atoms with Gasteiger partial charge >= 0.3 is 0 Å². The lowest BCUT2D eigenvalue weighted by Crippen LogP contribution is -2.00. The zero-order valence-corrected chi connectivity index (χ0v) is 7.69. The molecule has 60 valence electrons. The normalized spacial score (nSPS) is 24.3. The standard InChI is InChI=1S/C7H12O.C2H6/c1-5-4-8-7(3)6(5)2;1-2/h7H,4H2,1-3H3;1-2H3. The highest BCUT2D eigenvalue weighted by atomic mass is 16.5. The van der Waals surface area contributed by atoms with Gasteiger partial charge in [0.15, 0.2) is 0 Å². The fourth-order valence-corrected chi connectivity index (χ4v) is 0.836. The van der Waals surface area contributed by atoms with E-state index in [4.69, 9.17) is 4.74 Å². The smallest absolute Gasteiger partial charge is 0.0761 e. The summed E-state index contributed by atoms with van der Waals surface area (Å²) in [6.07, 6.45) is 0.370. The number of hydrogen-bond acceptors (Lipinski definition) is 1. The van der Waals surface area contributed by atoms with Gasteiger partial charge < -0.3 is 4.74 Å². The van der Waals surface area contributed by atoms with Crippen molar-refractivity contribution in [2.75, 3.05) is 6.61 Å². The van der Waals surface area contributed by atoms with E-state index in [0.29, 0.717) is 6.10 Å². The SMILES string of the molecule is CC.CC1=C(C)C(C)OC1. The van der Waals surface area contributed by atoms with E-state index < -0.39 is 0 Å². The molecule has 0 N–H and O–H groups in total. The van der Waals surface area contributed by atoms with Crippen molar-refractivity contribution in [2.45, 2.75) is 40.7 Å². The highest BCUT2D eigenvalue weighted by Gasteiger charge is 2.14. The highest BCUT2D eigenvalue weighted by Crippen LogP contribution is 2.18. The van der Waals surface area contributed by atoms with Crippen molar-refractivity contribution < 1.29 is 4.74 Å². The molecule has 0 radical (unpaired) electrons. The van der Waals surface area contributed by atoms with Crippen LogP contribution in [0.5, 0.6) is 0 Å². The molecule has 1 aliphatic rings. The maximum absolute atomic E-state index is 5.30. The molecule has 1 nitrogen and oxygen atoms in total. The van der Waals surface area contributed by atoms with Crippen LogP contribution in [-0.2, 0) is 4.74 Å². The van der Waals surface area contributed by atoms with Gasteiger partial charge in [-0.3, -0.25) is 0 Å². The molecule has 0 saturated carbocycles. The van der Waals surface area contributed by atoms with Gasteiger partial charge in [0, 0.05) is 0 Å². The van der Waals surface area contributed by atoms with Crippen molar-refractivity contribution in [3.05, 3.63) is 11.1 Å².